The lowest BCUT2D eigenvalue weighted by Crippen LogP contribution is -2.27. The summed E-state index contributed by atoms with van der Waals surface area (Å²) in [6, 6.07) is 11.4. The Morgan fingerprint density at radius 2 is 2.20 bits per heavy atom. The largest absolute Gasteiger partial charge is 0.309 e. The second kappa shape index (κ2) is 5.62. The Hall–Kier alpha value is -1.26. The summed E-state index contributed by atoms with van der Waals surface area (Å²) in [7, 11) is 2.03. The first kappa shape index (κ1) is 13.7. The molecule has 3 nitrogen and oxygen atoms in total. The van der Waals surface area contributed by atoms with Gasteiger partial charge < -0.3 is 5.32 Å². The summed E-state index contributed by atoms with van der Waals surface area (Å²) in [5, 5.41) is 9.89. The Morgan fingerprint density at radius 1 is 1.40 bits per heavy atom. The van der Waals surface area contributed by atoms with E-state index in [0.717, 1.165) is 18.7 Å². The van der Waals surface area contributed by atoms with Gasteiger partial charge in [-0.05, 0) is 37.1 Å². The highest BCUT2D eigenvalue weighted by Crippen LogP contribution is 2.41. The Balaban J connectivity index is 1.85. The maximum atomic E-state index is 4.45. The zero-order valence-electron chi connectivity index (χ0n) is 12.3. The molecule has 0 aliphatic heterocycles. The van der Waals surface area contributed by atoms with E-state index in [2.05, 4.69) is 54.6 Å². The van der Waals surface area contributed by atoms with E-state index in [1.165, 1.54) is 16.2 Å². The summed E-state index contributed by atoms with van der Waals surface area (Å²) >= 11 is 1.94. The number of rotatable bonds is 4. The highest BCUT2D eigenvalue weighted by molar-refractivity contribution is 7.99. The van der Waals surface area contributed by atoms with Gasteiger partial charge in [-0.2, -0.15) is 5.10 Å². The quantitative estimate of drug-likeness (QED) is 0.937. The molecule has 0 spiro atoms. The lowest BCUT2D eigenvalue weighted by molar-refractivity contribution is 0.558. The maximum Gasteiger partial charge on any atom is 0.0942 e. The summed E-state index contributed by atoms with van der Waals surface area (Å²) < 4.78 is 1.99. The van der Waals surface area contributed by atoms with Crippen LogP contribution < -0.4 is 5.32 Å². The molecule has 3 rings (SSSR count). The van der Waals surface area contributed by atoms with E-state index in [1.54, 1.807) is 0 Å². The van der Waals surface area contributed by atoms with Crippen molar-refractivity contribution in [2.75, 3.05) is 6.54 Å². The average molecular weight is 287 g/mol. The summed E-state index contributed by atoms with van der Waals surface area (Å²) in [5.41, 5.74) is 4.03. The molecule has 0 saturated carbocycles. The zero-order valence-corrected chi connectivity index (χ0v) is 13.1. The number of benzene rings is 1. The third-order valence-corrected chi connectivity index (χ3v) is 5.20. The van der Waals surface area contributed by atoms with Gasteiger partial charge in [-0.1, -0.05) is 31.2 Å². The molecular formula is C16H21N3S. The topological polar surface area (TPSA) is 29.9 Å². The van der Waals surface area contributed by atoms with Gasteiger partial charge in [0.2, 0.25) is 0 Å². The van der Waals surface area contributed by atoms with E-state index < -0.39 is 0 Å². The van der Waals surface area contributed by atoms with E-state index in [4.69, 9.17) is 0 Å². The van der Waals surface area contributed by atoms with Gasteiger partial charge in [0.05, 0.1) is 10.7 Å². The van der Waals surface area contributed by atoms with E-state index in [9.17, 15) is 0 Å². The lowest BCUT2D eigenvalue weighted by Gasteiger charge is -2.20. The van der Waals surface area contributed by atoms with Crippen molar-refractivity contribution < 1.29 is 0 Å². The van der Waals surface area contributed by atoms with E-state index in [0.29, 0.717) is 11.3 Å². The van der Waals surface area contributed by atoms with Crippen molar-refractivity contribution in [2.45, 2.75) is 36.6 Å². The van der Waals surface area contributed by atoms with Crippen molar-refractivity contribution in [3.8, 4) is 0 Å². The molecule has 106 valence electrons. The smallest absolute Gasteiger partial charge is 0.0942 e. The van der Waals surface area contributed by atoms with E-state index in [1.807, 2.05) is 23.5 Å². The molecule has 1 aromatic carbocycles. The Bertz CT molecular complexity index is 606. The fourth-order valence-corrected chi connectivity index (χ4v) is 4.37. The van der Waals surface area contributed by atoms with Gasteiger partial charge in [0.25, 0.3) is 0 Å². The van der Waals surface area contributed by atoms with Crippen LogP contribution in [0, 0.1) is 6.92 Å². The van der Waals surface area contributed by atoms with Gasteiger partial charge in [0.15, 0.2) is 0 Å². The first-order valence-corrected chi connectivity index (χ1v) is 8.05. The SMILES string of the molecule is CCNC1c2ccccc2CC1Sc1cc(C)nn1C. The monoisotopic (exact) mass is 287 g/mol. The number of hydrogen-bond donors (Lipinski definition) is 1. The van der Waals surface area contributed by atoms with Gasteiger partial charge >= 0.3 is 0 Å². The summed E-state index contributed by atoms with van der Waals surface area (Å²) in [6.07, 6.45) is 1.13. The molecule has 0 bridgehead atoms. The van der Waals surface area contributed by atoms with Crippen molar-refractivity contribution in [3.05, 3.63) is 47.2 Å². The molecule has 2 aromatic rings. The minimum Gasteiger partial charge on any atom is -0.309 e. The predicted molar refractivity (Wildman–Crippen MR) is 84.2 cm³/mol. The van der Waals surface area contributed by atoms with Crippen LogP contribution in [0.1, 0.15) is 29.8 Å². The van der Waals surface area contributed by atoms with Crippen molar-refractivity contribution in [1.82, 2.24) is 15.1 Å². The van der Waals surface area contributed by atoms with Gasteiger partial charge in [0.1, 0.15) is 0 Å². The van der Waals surface area contributed by atoms with Crippen LogP contribution in [0.25, 0.3) is 0 Å². The van der Waals surface area contributed by atoms with Crippen LogP contribution in [0.3, 0.4) is 0 Å². The minimum absolute atomic E-state index is 0.441. The molecule has 2 unspecified atom stereocenters. The lowest BCUT2D eigenvalue weighted by atomic mass is 10.1. The highest BCUT2D eigenvalue weighted by atomic mass is 32.2. The van der Waals surface area contributed by atoms with Gasteiger partial charge in [-0.15, -0.1) is 11.8 Å². The first-order valence-electron chi connectivity index (χ1n) is 7.17. The molecule has 1 N–H and O–H groups in total. The van der Waals surface area contributed by atoms with Gasteiger partial charge in [-0.25, -0.2) is 0 Å². The number of fused-ring (bicyclic) bond motifs is 1. The average Bonchev–Trinajstić information content (AvgIpc) is 2.92. The summed E-state index contributed by atoms with van der Waals surface area (Å²) in [4.78, 5) is 0. The third-order valence-electron chi connectivity index (χ3n) is 3.84. The fraction of sp³-hybridized carbons (Fsp3) is 0.438. The molecule has 1 aromatic heterocycles. The number of aryl methyl sites for hydroxylation is 2. The van der Waals surface area contributed by atoms with Crippen molar-refractivity contribution >= 4 is 11.8 Å². The standard InChI is InChI=1S/C16H21N3S/c1-4-17-16-13-8-6-5-7-12(13)10-14(16)20-15-9-11(2)18-19(15)3/h5-9,14,16-17H,4,10H2,1-3H3. The van der Waals surface area contributed by atoms with Crippen LogP contribution in [0.2, 0.25) is 0 Å². The fourth-order valence-electron chi connectivity index (χ4n) is 2.98. The Kier molecular flexibility index (Phi) is 3.85. The van der Waals surface area contributed by atoms with Gasteiger partial charge in [0, 0.05) is 18.3 Å². The number of thioether (sulfide) groups is 1. The molecular weight excluding hydrogens is 266 g/mol. The third kappa shape index (κ3) is 2.50. The number of aromatic nitrogens is 2. The normalized spacial score (nSPS) is 21.1. The number of nitrogens with zero attached hydrogens (tertiary/aromatic N) is 2. The van der Waals surface area contributed by atoms with E-state index in [-0.39, 0.29) is 0 Å². The molecule has 0 amide bonds. The molecule has 0 saturated heterocycles. The Labute approximate surface area is 124 Å². The molecule has 1 heterocycles. The summed E-state index contributed by atoms with van der Waals surface area (Å²) in [5.74, 6) is 0. The molecule has 20 heavy (non-hydrogen) atoms. The van der Waals surface area contributed by atoms with E-state index >= 15 is 0 Å². The van der Waals surface area contributed by atoms with Crippen LogP contribution in [-0.2, 0) is 13.5 Å². The van der Waals surface area contributed by atoms with Crippen molar-refractivity contribution in [1.29, 1.82) is 0 Å². The highest BCUT2D eigenvalue weighted by Gasteiger charge is 2.32. The van der Waals surface area contributed by atoms with Crippen molar-refractivity contribution in [3.63, 3.8) is 0 Å². The molecule has 1 aliphatic carbocycles. The molecule has 4 heteroatoms. The van der Waals surface area contributed by atoms with Crippen LogP contribution in [0.4, 0.5) is 0 Å². The molecule has 2 atom stereocenters. The number of hydrogen-bond acceptors (Lipinski definition) is 3. The molecule has 0 fully saturated rings. The second-order valence-electron chi connectivity index (χ2n) is 5.34. The number of nitrogens with one attached hydrogen (secondary N) is 1. The molecule has 1 aliphatic rings. The second-order valence-corrected chi connectivity index (χ2v) is 6.60. The predicted octanol–water partition coefficient (Wildman–Crippen LogP) is 3.10. The van der Waals surface area contributed by atoms with Crippen LogP contribution in [0.15, 0.2) is 35.4 Å². The van der Waals surface area contributed by atoms with Crippen LogP contribution in [0.5, 0.6) is 0 Å². The van der Waals surface area contributed by atoms with Crippen LogP contribution >= 0.6 is 11.8 Å². The maximum absolute atomic E-state index is 4.45. The molecule has 0 radical (unpaired) electrons. The van der Waals surface area contributed by atoms with Gasteiger partial charge in [-0.3, -0.25) is 4.68 Å². The summed E-state index contributed by atoms with van der Waals surface area (Å²) in [6.45, 7) is 5.23. The minimum atomic E-state index is 0.441. The first-order chi connectivity index (χ1) is 9.69. The zero-order chi connectivity index (χ0) is 14.1. The van der Waals surface area contributed by atoms with Crippen LogP contribution in [-0.4, -0.2) is 21.6 Å². The van der Waals surface area contributed by atoms with Crippen molar-refractivity contribution in [2.24, 2.45) is 7.05 Å². The Morgan fingerprint density at radius 3 is 2.90 bits per heavy atom.